The molecule has 0 bridgehead atoms. The highest BCUT2D eigenvalue weighted by atomic mass is 35.5. The number of sulfone groups is 1. The van der Waals surface area contributed by atoms with Crippen LogP contribution in [0.3, 0.4) is 0 Å². The van der Waals surface area contributed by atoms with Gasteiger partial charge in [0.2, 0.25) is 5.91 Å². The zero-order valence-electron chi connectivity index (χ0n) is 15.6. The predicted octanol–water partition coefficient (Wildman–Crippen LogP) is 2.14. The van der Waals surface area contributed by atoms with Gasteiger partial charge in [-0.1, -0.05) is 35.8 Å². The lowest BCUT2D eigenvalue weighted by Gasteiger charge is -2.19. The fraction of sp³-hybridized carbons (Fsp3) is 0.500. The molecule has 2 heterocycles. The van der Waals surface area contributed by atoms with Crippen molar-refractivity contribution in [2.75, 3.05) is 24.6 Å². The standard InChI is InChI=1S/C18H22ClN3O4S2/c1-21-14-7-6-13(19)10-15(14)27-18(21)20-16(23)11-28(25,26)12-17(24)22-8-4-2-3-5-9-22/h6-7,10H,2-5,8-9,11-12H2,1H3. The van der Waals surface area contributed by atoms with E-state index in [0.717, 1.165) is 35.9 Å². The molecule has 2 amide bonds. The lowest BCUT2D eigenvalue weighted by Crippen LogP contribution is -2.37. The largest absolute Gasteiger partial charge is 0.342 e. The Kier molecular flexibility index (Phi) is 6.57. The number of amides is 2. The molecular weight excluding hydrogens is 422 g/mol. The van der Waals surface area contributed by atoms with E-state index >= 15 is 0 Å². The third-order valence-corrected chi connectivity index (χ3v) is 7.34. The lowest BCUT2D eigenvalue weighted by molar-refractivity contribution is -0.128. The highest BCUT2D eigenvalue weighted by molar-refractivity contribution is 7.92. The third kappa shape index (κ3) is 5.21. The van der Waals surface area contributed by atoms with Crippen molar-refractivity contribution in [1.29, 1.82) is 0 Å². The minimum atomic E-state index is -3.87. The number of hydrogen-bond acceptors (Lipinski definition) is 5. The average molecular weight is 444 g/mol. The van der Waals surface area contributed by atoms with Gasteiger partial charge in [0.1, 0.15) is 11.5 Å². The second kappa shape index (κ2) is 8.75. The predicted molar refractivity (Wildman–Crippen MR) is 110 cm³/mol. The molecule has 1 aliphatic rings. The maximum absolute atomic E-state index is 12.3. The van der Waals surface area contributed by atoms with Gasteiger partial charge in [-0.05, 0) is 31.0 Å². The van der Waals surface area contributed by atoms with Crippen LogP contribution in [0.15, 0.2) is 23.2 Å². The lowest BCUT2D eigenvalue weighted by atomic mass is 10.2. The average Bonchev–Trinajstić information content (AvgIpc) is 2.79. The van der Waals surface area contributed by atoms with E-state index in [0.29, 0.717) is 22.9 Å². The molecule has 2 aromatic rings. The first-order valence-corrected chi connectivity index (χ1v) is 12.1. The second-order valence-corrected chi connectivity index (χ2v) is 10.4. The zero-order chi connectivity index (χ0) is 20.3. The van der Waals surface area contributed by atoms with Gasteiger partial charge < -0.3 is 9.47 Å². The number of halogens is 1. The van der Waals surface area contributed by atoms with Crippen molar-refractivity contribution in [2.45, 2.75) is 25.7 Å². The van der Waals surface area contributed by atoms with E-state index in [1.165, 1.54) is 11.3 Å². The number of benzene rings is 1. The third-order valence-electron chi connectivity index (χ3n) is 4.64. The van der Waals surface area contributed by atoms with E-state index in [1.807, 2.05) is 6.07 Å². The first-order chi connectivity index (χ1) is 13.2. The number of fused-ring (bicyclic) bond motifs is 1. The molecule has 1 aliphatic heterocycles. The molecule has 28 heavy (non-hydrogen) atoms. The highest BCUT2D eigenvalue weighted by Gasteiger charge is 2.25. The number of carbonyl (C=O) groups is 2. The summed E-state index contributed by atoms with van der Waals surface area (Å²) < 4.78 is 27.2. The van der Waals surface area contributed by atoms with E-state index in [9.17, 15) is 18.0 Å². The zero-order valence-corrected chi connectivity index (χ0v) is 17.9. The van der Waals surface area contributed by atoms with Crippen LogP contribution < -0.4 is 4.80 Å². The number of hydrogen-bond donors (Lipinski definition) is 0. The first kappa shape index (κ1) is 21.0. The van der Waals surface area contributed by atoms with Crippen molar-refractivity contribution in [1.82, 2.24) is 9.47 Å². The highest BCUT2D eigenvalue weighted by Crippen LogP contribution is 2.21. The fourth-order valence-corrected chi connectivity index (χ4v) is 5.61. The van der Waals surface area contributed by atoms with Crippen LogP contribution in [0.5, 0.6) is 0 Å². The molecule has 3 rings (SSSR count). The smallest absolute Gasteiger partial charge is 0.263 e. The SMILES string of the molecule is Cn1c(=NC(=O)CS(=O)(=O)CC(=O)N2CCCCCC2)sc2cc(Cl)ccc21. The summed E-state index contributed by atoms with van der Waals surface area (Å²) in [5.41, 5.74) is 0.847. The molecule has 0 atom stereocenters. The molecule has 1 saturated heterocycles. The van der Waals surface area contributed by atoms with Crippen LogP contribution in [-0.4, -0.2) is 54.3 Å². The summed E-state index contributed by atoms with van der Waals surface area (Å²) in [6.45, 7) is 1.15. The maximum atomic E-state index is 12.3. The van der Waals surface area contributed by atoms with Crippen LogP contribution in [0.4, 0.5) is 0 Å². The van der Waals surface area contributed by atoms with Gasteiger partial charge in [0.05, 0.1) is 10.2 Å². The van der Waals surface area contributed by atoms with Gasteiger partial charge in [-0.25, -0.2) is 8.42 Å². The Morgan fingerprint density at radius 2 is 1.82 bits per heavy atom. The Morgan fingerprint density at radius 3 is 2.50 bits per heavy atom. The van der Waals surface area contributed by atoms with Crippen molar-refractivity contribution >= 4 is 54.8 Å². The Labute approximate surface area is 172 Å². The minimum absolute atomic E-state index is 0.385. The summed E-state index contributed by atoms with van der Waals surface area (Å²) in [5.74, 6) is -2.64. The summed E-state index contributed by atoms with van der Waals surface area (Å²) in [6, 6.07) is 5.32. The topological polar surface area (TPSA) is 88.8 Å². The molecular formula is C18H22ClN3O4S2. The van der Waals surface area contributed by atoms with E-state index < -0.39 is 33.2 Å². The number of carbonyl (C=O) groups excluding carboxylic acids is 2. The van der Waals surface area contributed by atoms with Crippen LogP contribution in [0, 0.1) is 0 Å². The van der Waals surface area contributed by atoms with Gasteiger partial charge in [0, 0.05) is 25.2 Å². The Bertz CT molecular complexity index is 1060. The quantitative estimate of drug-likeness (QED) is 0.724. The number of likely N-dealkylation sites (tertiary alicyclic amines) is 1. The van der Waals surface area contributed by atoms with Gasteiger partial charge in [-0.2, -0.15) is 4.99 Å². The molecule has 7 nitrogen and oxygen atoms in total. The van der Waals surface area contributed by atoms with Crippen molar-refractivity contribution in [3.8, 4) is 0 Å². The Balaban J connectivity index is 1.72. The minimum Gasteiger partial charge on any atom is -0.342 e. The molecule has 10 heteroatoms. The second-order valence-electron chi connectivity index (χ2n) is 6.89. The van der Waals surface area contributed by atoms with Crippen molar-refractivity contribution < 1.29 is 18.0 Å². The van der Waals surface area contributed by atoms with E-state index in [2.05, 4.69) is 4.99 Å². The summed E-state index contributed by atoms with van der Waals surface area (Å²) in [5, 5.41) is 0.571. The van der Waals surface area contributed by atoms with Crippen LogP contribution in [0.25, 0.3) is 10.2 Å². The normalized spacial score (nSPS) is 16.4. The molecule has 1 aromatic carbocycles. The van der Waals surface area contributed by atoms with Crippen molar-refractivity contribution in [3.63, 3.8) is 0 Å². The summed E-state index contributed by atoms with van der Waals surface area (Å²) in [6.07, 6.45) is 3.86. The molecule has 152 valence electrons. The van der Waals surface area contributed by atoms with Crippen molar-refractivity contribution in [2.24, 2.45) is 12.0 Å². The number of aryl methyl sites for hydroxylation is 1. The van der Waals surface area contributed by atoms with Crippen LogP contribution in [0.2, 0.25) is 5.02 Å². The molecule has 0 saturated carbocycles. The molecule has 1 aromatic heterocycles. The summed E-state index contributed by atoms with van der Waals surface area (Å²) in [4.78, 5) is 30.4. The Morgan fingerprint density at radius 1 is 1.14 bits per heavy atom. The number of thiazole rings is 1. The van der Waals surface area contributed by atoms with E-state index in [4.69, 9.17) is 11.6 Å². The molecule has 0 radical (unpaired) electrons. The van der Waals surface area contributed by atoms with Gasteiger partial charge in [0.25, 0.3) is 5.91 Å². The summed E-state index contributed by atoms with van der Waals surface area (Å²) >= 11 is 7.23. The van der Waals surface area contributed by atoms with Crippen molar-refractivity contribution in [3.05, 3.63) is 28.0 Å². The van der Waals surface area contributed by atoms with E-state index in [-0.39, 0.29) is 0 Å². The van der Waals surface area contributed by atoms with Gasteiger partial charge in [0.15, 0.2) is 14.6 Å². The number of aromatic nitrogens is 1. The van der Waals surface area contributed by atoms with Crippen LogP contribution >= 0.6 is 22.9 Å². The summed E-state index contributed by atoms with van der Waals surface area (Å²) in [7, 11) is -2.13. The molecule has 0 unspecified atom stereocenters. The number of nitrogens with zero attached hydrogens (tertiary/aromatic N) is 3. The molecule has 1 fully saturated rings. The van der Waals surface area contributed by atoms with Gasteiger partial charge >= 0.3 is 0 Å². The molecule has 0 spiro atoms. The molecule has 0 aliphatic carbocycles. The first-order valence-electron chi connectivity index (χ1n) is 9.06. The molecule has 0 N–H and O–H groups in total. The maximum Gasteiger partial charge on any atom is 0.263 e. The number of rotatable bonds is 4. The van der Waals surface area contributed by atoms with E-state index in [1.54, 1.807) is 28.6 Å². The monoisotopic (exact) mass is 443 g/mol. The van der Waals surface area contributed by atoms with Crippen LogP contribution in [-0.2, 0) is 26.5 Å². The fourth-order valence-electron chi connectivity index (χ4n) is 3.19. The van der Waals surface area contributed by atoms with Crippen LogP contribution in [0.1, 0.15) is 25.7 Å². The van der Waals surface area contributed by atoms with Gasteiger partial charge in [-0.3, -0.25) is 9.59 Å². The van der Waals surface area contributed by atoms with Gasteiger partial charge in [-0.15, -0.1) is 0 Å². The Hall–Kier alpha value is -1.71.